The van der Waals surface area contributed by atoms with Crippen molar-refractivity contribution in [3.63, 3.8) is 0 Å². The Balaban J connectivity index is 3.64. The molecule has 0 rings (SSSR count). The summed E-state index contributed by atoms with van der Waals surface area (Å²) >= 11 is 0. The van der Waals surface area contributed by atoms with E-state index in [2.05, 4.69) is 0 Å². The summed E-state index contributed by atoms with van der Waals surface area (Å²) in [5, 5.41) is 0. The summed E-state index contributed by atoms with van der Waals surface area (Å²) in [6.45, 7) is 8.13. The molecule has 0 saturated carbocycles. The Morgan fingerprint density at radius 1 is 1.33 bits per heavy atom. The van der Waals surface area contributed by atoms with Gasteiger partial charge in [0.05, 0.1) is 12.0 Å². The van der Waals surface area contributed by atoms with Crippen LogP contribution in [-0.4, -0.2) is 32.6 Å². The summed E-state index contributed by atoms with van der Waals surface area (Å²) in [4.78, 5) is 11.5. The van der Waals surface area contributed by atoms with E-state index in [0.717, 1.165) is 6.42 Å². The van der Waals surface area contributed by atoms with Gasteiger partial charge in [-0.15, -0.1) is 0 Å². The van der Waals surface area contributed by atoms with Crippen molar-refractivity contribution in [1.82, 2.24) is 0 Å². The SMILES string of the molecule is CCC(C)(C)C(=O)OCCOC(C)OC. The lowest BCUT2D eigenvalue weighted by molar-refractivity contribution is -0.161. The molecule has 0 N–H and O–H groups in total. The molecule has 1 atom stereocenters. The minimum atomic E-state index is -0.410. The van der Waals surface area contributed by atoms with Crippen LogP contribution in [0.3, 0.4) is 0 Å². The van der Waals surface area contributed by atoms with Crippen molar-refractivity contribution in [3.05, 3.63) is 0 Å². The van der Waals surface area contributed by atoms with Gasteiger partial charge in [-0.05, 0) is 27.2 Å². The van der Waals surface area contributed by atoms with E-state index in [4.69, 9.17) is 14.2 Å². The van der Waals surface area contributed by atoms with Gasteiger partial charge in [0, 0.05) is 7.11 Å². The van der Waals surface area contributed by atoms with Gasteiger partial charge in [-0.3, -0.25) is 4.79 Å². The van der Waals surface area contributed by atoms with E-state index in [0.29, 0.717) is 6.61 Å². The van der Waals surface area contributed by atoms with Crippen molar-refractivity contribution in [1.29, 1.82) is 0 Å². The lowest BCUT2D eigenvalue weighted by Crippen LogP contribution is -2.27. The first kappa shape index (κ1) is 14.4. The summed E-state index contributed by atoms with van der Waals surface area (Å²) in [5.74, 6) is -0.182. The third-order valence-corrected chi connectivity index (χ3v) is 2.44. The molecule has 0 aromatic heterocycles. The molecule has 0 aliphatic carbocycles. The van der Waals surface area contributed by atoms with E-state index in [-0.39, 0.29) is 18.9 Å². The van der Waals surface area contributed by atoms with Crippen LogP contribution in [0.25, 0.3) is 0 Å². The lowest BCUT2D eigenvalue weighted by atomic mass is 9.91. The highest BCUT2D eigenvalue weighted by molar-refractivity contribution is 5.75. The van der Waals surface area contributed by atoms with Crippen molar-refractivity contribution in [2.75, 3.05) is 20.3 Å². The zero-order valence-corrected chi connectivity index (χ0v) is 10.3. The van der Waals surface area contributed by atoms with Crippen LogP contribution in [0.5, 0.6) is 0 Å². The quantitative estimate of drug-likeness (QED) is 0.372. The normalized spacial score (nSPS) is 13.7. The summed E-state index contributed by atoms with van der Waals surface area (Å²) in [5.41, 5.74) is -0.410. The van der Waals surface area contributed by atoms with Gasteiger partial charge in [-0.1, -0.05) is 6.92 Å². The Morgan fingerprint density at radius 3 is 2.40 bits per heavy atom. The number of rotatable bonds is 7. The first-order chi connectivity index (χ1) is 6.94. The molecule has 0 aliphatic heterocycles. The van der Waals surface area contributed by atoms with Crippen LogP contribution in [0.4, 0.5) is 0 Å². The maximum absolute atomic E-state index is 11.5. The van der Waals surface area contributed by atoms with Gasteiger partial charge in [0.1, 0.15) is 6.61 Å². The molecule has 0 aromatic carbocycles. The average Bonchev–Trinajstić information content (AvgIpc) is 2.23. The van der Waals surface area contributed by atoms with E-state index in [9.17, 15) is 4.79 Å². The first-order valence-corrected chi connectivity index (χ1v) is 5.25. The molecule has 15 heavy (non-hydrogen) atoms. The fourth-order valence-corrected chi connectivity index (χ4v) is 0.756. The molecule has 0 amide bonds. The molecule has 0 spiro atoms. The molecule has 0 bridgehead atoms. The van der Waals surface area contributed by atoms with Gasteiger partial charge in [-0.25, -0.2) is 0 Å². The van der Waals surface area contributed by atoms with Gasteiger partial charge in [0.15, 0.2) is 6.29 Å². The Kier molecular flexibility index (Phi) is 6.52. The first-order valence-electron chi connectivity index (χ1n) is 5.25. The highest BCUT2D eigenvalue weighted by Crippen LogP contribution is 2.21. The fourth-order valence-electron chi connectivity index (χ4n) is 0.756. The molecule has 0 fully saturated rings. The van der Waals surface area contributed by atoms with Crippen molar-refractivity contribution in [2.24, 2.45) is 5.41 Å². The molecule has 0 radical (unpaired) electrons. The molecule has 90 valence electrons. The lowest BCUT2D eigenvalue weighted by Gasteiger charge is -2.20. The Hall–Kier alpha value is -0.610. The highest BCUT2D eigenvalue weighted by Gasteiger charge is 2.26. The zero-order chi connectivity index (χ0) is 11.9. The Morgan fingerprint density at radius 2 is 1.93 bits per heavy atom. The monoisotopic (exact) mass is 218 g/mol. The maximum Gasteiger partial charge on any atom is 0.311 e. The smallest absolute Gasteiger partial charge is 0.311 e. The Labute approximate surface area is 91.9 Å². The number of esters is 1. The third-order valence-electron chi connectivity index (χ3n) is 2.44. The van der Waals surface area contributed by atoms with Crippen molar-refractivity contribution in [3.8, 4) is 0 Å². The molecular formula is C11H22O4. The van der Waals surface area contributed by atoms with E-state index >= 15 is 0 Å². The predicted molar refractivity (Wildman–Crippen MR) is 57.5 cm³/mol. The standard InChI is InChI=1S/C11H22O4/c1-6-11(3,4)10(12)15-8-7-14-9(2)13-5/h9H,6-8H2,1-5H3. The van der Waals surface area contributed by atoms with Crippen LogP contribution < -0.4 is 0 Å². The van der Waals surface area contributed by atoms with Gasteiger partial charge < -0.3 is 14.2 Å². The van der Waals surface area contributed by atoms with Crippen LogP contribution in [0.1, 0.15) is 34.1 Å². The van der Waals surface area contributed by atoms with E-state index < -0.39 is 5.41 Å². The van der Waals surface area contributed by atoms with E-state index in [1.807, 2.05) is 20.8 Å². The number of carbonyl (C=O) groups excluding carboxylic acids is 1. The number of carbonyl (C=O) groups is 1. The summed E-state index contributed by atoms with van der Waals surface area (Å²) in [6, 6.07) is 0. The molecular weight excluding hydrogens is 196 g/mol. The molecule has 1 unspecified atom stereocenters. The predicted octanol–water partition coefficient (Wildman–Crippen LogP) is 1.97. The third kappa shape index (κ3) is 5.74. The second kappa shape index (κ2) is 6.80. The minimum absolute atomic E-state index is 0.182. The molecule has 0 saturated heterocycles. The van der Waals surface area contributed by atoms with E-state index in [1.165, 1.54) is 0 Å². The average molecular weight is 218 g/mol. The van der Waals surface area contributed by atoms with Crippen LogP contribution in [0, 0.1) is 5.41 Å². The number of hydrogen-bond acceptors (Lipinski definition) is 4. The molecule has 0 aliphatic rings. The number of hydrogen-bond donors (Lipinski definition) is 0. The molecule has 0 aromatic rings. The van der Waals surface area contributed by atoms with Crippen molar-refractivity contribution < 1.29 is 19.0 Å². The van der Waals surface area contributed by atoms with Crippen molar-refractivity contribution in [2.45, 2.75) is 40.4 Å². The summed E-state index contributed by atoms with van der Waals surface area (Å²) in [7, 11) is 1.57. The van der Waals surface area contributed by atoms with Crippen molar-refractivity contribution >= 4 is 5.97 Å². The Bertz CT molecular complexity index is 189. The molecule has 0 heterocycles. The second-order valence-electron chi connectivity index (χ2n) is 4.05. The van der Waals surface area contributed by atoms with Crippen LogP contribution >= 0.6 is 0 Å². The molecule has 4 nitrogen and oxygen atoms in total. The highest BCUT2D eigenvalue weighted by atomic mass is 16.7. The molecule has 4 heteroatoms. The zero-order valence-electron chi connectivity index (χ0n) is 10.3. The minimum Gasteiger partial charge on any atom is -0.463 e. The van der Waals surface area contributed by atoms with Crippen LogP contribution in [0.15, 0.2) is 0 Å². The van der Waals surface area contributed by atoms with Gasteiger partial charge >= 0.3 is 5.97 Å². The maximum atomic E-state index is 11.5. The number of ether oxygens (including phenoxy) is 3. The van der Waals surface area contributed by atoms with Gasteiger partial charge in [0.2, 0.25) is 0 Å². The van der Waals surface area contributed by atoms with E-state index in [1.54, 1.807) is 14.0 Å². The van der Waals surface area contributed by atoms with Gasteiger partial charge in [0.25, 0.3) is 0 Å². The summed E-state index contributed by atoms with van der Waals surface area (Å²) < 4.78 is 15.1. The van der Waals surface area contributed by atoms with Crippen LogP contribution in [-0.2, 0) is 19.0 Å². The summed E-state index contributed by atoms with van der Waals surface area (Å²) in [6.07, 6.45) is 0.504. The second-order valence-corrected chi connectivity index (χ2v) is 4.05. The van der Waals surface area contributed by atoms with Crippen LogP contribution in [0.2, 0.25) is 0 Å². The number of methoxy groups -OCH3 is 1. The topological polar surface area (TPSA) is 44.8 Å². The largest absolute Gasteiger partial charge is 0.463 e. The van der Waals surface area contributed by atoms with Gasteiger partial charge in [-0.2, -0.15) is 0 Å². The fraction of sp³-hybridized carbons (Fsp3) is 0.909.